The molecular formula is C17H11BrF2O. The third kappa shape index (κ3) is 2.69. The topological polar surface area (TPSA) is 20.2 Å². The molecule has 0 aromatic heterocycles. The number of rotatable bonds is 2. The van der Waals surface area contributed by atoms with Gasteiger partial charge in [0.25, 0.3) is 0 Å². The van der Waals surface area contributed by atoms with Crippen molar-refractivity contribution in [3.8, 4) is 0 Å². The molecule has 0 aliphatic heterocycles. The van der Waals surface area contributed by atoms with Gasteiger partial charge in [-0.05, 0) is 34.5 Å². The molecule has 4 heteroatoms. The molecule has 106 valence electrons. The van der Waals surface area contributed by atoms with E-state index in [1.807, 2.05) is 30.3 Å². The van der Waals surface area contributed by atoms with Crippen molar-refractivity contribution in [2.24, 2.45) is 0 Å². The van der Waals surface area contributed by atoms with Gasteiger partial charge in [0, 0.05) is 4.47 Å². The minimum Gasteiger partial charge on any atom is -0.383 e. The summed E-state index contributed by atoms with van der Waals surface area (Å²) in [5.41, 5.74) is 0.113. The molecule has 0 aliphatic rings. The number of fused-ring (bicyclic) bond motifs is 1. The summed E-state index contributed by atoms with van der Waals surface area (Å²) in [4.78, 5) is 0. The van der Waals surface area contributed by atoms with Gasteiger partial charge in [0.2, 0.25) is 0 Å². The van der Waals surface area contributed by atoms with Crippen molar-refractivity contribution in [1.82, 2.24) is 0 Å². The van der Waals surface area contributed by atoms with E-state index in [4.69, 9.17) is 0 Å². The van der Waals surface area contributed by atoms with E-state index in [2.05, 4.69) is 15.9 Å². The van der Waals surface area contributed by atoms with Gasteiger partial charge in [0.15, 0.2) is 0 Å². The maximum atomic E-state index is 13.9. The van der Waals surface area contributed by atoms with Crippen LogP contribution in [0.3, 0.4) is 0 Å². The number of hydrogen-bond acceptors (Lipinski definition) is 1. The minimum atomic E-state index is -1.34. The van der Waals surface area contributed by atoms with Crippen molar-refractivity contribution in [2.45, 2.75) is 6.10 Å². The van der Waals surface area contributed by atoms with Crippen molar-refractivity contribution in [3.63, 3.8) is 0 Å². The van der Waals surface area contributed by atoms with Crippen LogP contribution in [0.5, 0.6) is 0 Å². The molecule has 0 spiro atoms. The highest BCUT2D eigenvalue weighted by atomic mass is 79.9. The maximum absolute atomic E-state index is 13.9. The third-order valence-electron chi connectivity index (χ3n) is 3.41. The van der Waals surface area contributed by atoms with Crippen LogP contribution in [0, 0.1) is 11.6 Å². The van der Waals surface area contributed by atoms with E-state index >= 15 is 0 Å². The first-order valence-corrected chi connectivity index (χ1v) is 7.17. The van der Waals surface area contributed by atoms with Gasteiger partial charge in [0.1, 0.15) is 17.7 Å². The van der Waals surface area contributed by atoms with Gasteiger partial charge in [-0.25, -0.2) is 8.78 Å². The summed E-state index contributed by atoms with van der Waals surface area (Å²) in [6.07, 6.45) is -1.34. The molecule has 1 unspecified atom stereocenters. The molecular weight excluding hydrogens is 338 g/mol. The molecule has 0 fully saturated rings. The summed E-state index contributed by atoms with van der Waals surface area (Å²) >= 11 is 3.02. The Morgan fingerprint density at radius 1 is 0.857 bits per heavy atom. The zero-order valence-electron chi connectivity index (χ0n) is 10.9. The lowest BCUT2D eigenvalue weighted by atomic mass is 9.98. The summed E-state index contributed by atoms with van der Waals surface area (Å²) in [5.74, 6) is -1.55. The van der Waals surface area contributed by atoms with E-state index in [9.17, 15) is 13.9 Å². The average Bonchev–Trinajstić information content (AvgIpc) is 2.45. The quantitative estimate of drug-likeness (QED) is 0.693. The predicted octanol–water partition coefficient (Wildman–Crippen LogP) is 4.96. The van der Waals surface area contributed by atoms with Crippen LogP contribution >= 0.6 is 15.9 Å². The molecule has 21 heavy (non-hydrogen) atoms. The molecule has 0 saturated carbocycles. The number of hydrogen-bond donors (Lipinski definition) is 1. The highest BCUT2D eigenvalue weighted by Crippen LogP contribution is 2.30. The number of halogens is 3. The van der Waals surface area contributed by atoms with E-state index in [1.165, 1.54) is 0 Å². The summed E-state index contributed by atoms with van der Waals surface area (Å²) < 4.78 is 28.2. The predicted molar refractivity (Wildman–Crippen MR) is 82.1 cm³/mol. The Balaban J connectivity index is 2.10. The van der Waals surface area contributed by atoms with E-state index in [0.717, 1.165) is 22.9 Å². The zero-order chi connectivity index (χ0) is 15.0. The highest BCUT2D eigenvalue weighted by molar-refractivity contribution is 9.10. The van der Waals surface area contributed by atoms with Crippen molar-refractivity contribution >= 4 is 26.7 Å². The number of benzene rings is 3. The molecule has 1 atom stereocenters. The molecule has 0 heterocycles. The fraction of sp³-hybridized carbons (Fsp3) is 0.0588. The van der Waals surface area contributed by atoms with Gasteiger partial charge in [-0.3, -0.25) is 0 Å². The molecule has 3 aromatic rings. The van der Waals surface area contributed by atoms with Crippen molar-refractivity contribution in [3.05, 3.63) is 81.8 Å². The van der Waals surface area contributed by atoms with E-state index in [0.29, 0.717) is 10.0 Å². The molecule has 1 N–H and O–H groups in total. The van der Waals surface area contributed by atoms with Crippen molar-refractivity contribution in [1.29, 1.82) is 0 Å². The minimum absolute atomic E-state index is 0.298. The van der Waals surface area contributed by atoms with Crippen LogP contribution in [0.25, 0.3) is 10.8 Å². The van der Waals surface area contributed by atoms with E-state index in [-0.39, 0.29) is 5.56 Å². The van der Waals surface area contributed by atoms with Crippen molar-refractivity contribution < 1.29 is 13.9 Å². The standard InChI is InChI=1S/C17H11BrF2O/c18-13-8-14(19)16(15(20)9-13)17(21)12-6-5-10-3-1-2-4-11(10)7-12/h1-9,17,21H. The molecule has 3 aromatic carbocycles. The summed E-state index contributed by atoms with van der Waals surface area (Å²) in [6, 6.07) is 15.1. The van der Waals surface area contributed by atoms with Crippen LogP contribution in [0.2, 0.25) is 0 Å². The van der Waals surface area contributed by atoms with Crippen LogP contribution in [-0.2, 0) is 0 Å². The van der Waals surface area contributed by atoms with Crippen LogP contribution in [0.1, 0.15) is 17.2 Å². The van der Waals surface area contributed by atoms with Gasteiger partial charge in [-0.1, -0.05) is 52.3 Å². The monoisotopic (exact) mass is 348 g/mol. The smallest absolute Gasteiger partial charge is 0.133 e. The summed E-state index contributed by atoms with van der Waals surface area (Å²) in [6.45, 7) is 0. The second-order valence-electron chi connectivity index (χ2n) is 4.79. The molecule has 1 nitrogen and oxygen atoms in total. The summed E-state index contributed by atoms with van der Waals surface area (Å²) in [7, 11) is 0. The fourth-order valence-electron chi connectivity index (χ4n) is 2.36. The Labute approximate surface area is 129 Å². The molecule has 0 radical (unpaired) electrons. The first-order chi connectivity index (χ1) is 10.1. The summed E-state index contributed by atoms with van der Waals surface area (Å²) in [5, 5.41) is 12.2. The lowest BCUT2D eigenvalue weighted by Gasteiger charge is -2.14. The first-order valence-electron chi connectivity index (χ1n) is 6.37. The Bertz CT molecular complexity index is 794. The zero-order valence-corrected chi connectivity index (χ0v) is 12.4. The van der Waals surface area contributed by atoms with Crippen LogP contribution in [0.15, 0.2) is 59.1 Å². The normalized spacial score (nSPS) is 12.6. The largest absolute Gasteiger partial charge is 0.383 e. The maximum Gasteiger partial charge on any atom is 0.133 e. The molecule has 0 saturated heterocycles. The van der Waals surface area contributed by atoms with E-state index in [1.54, 1.807) is 12.1 Å². The second kappa shape index (κ2) is 5.54. The molecule has 0 aliphatic carbocycles. The average molecular weight is 349 g/mol. The number of aliphatic hydroxyl groups is 1. The Morgan fingerprint density at radius 3 is 2.14 bits per heavy atom. The Morgan fingerprint density at radius 2 is 1.48 bits per heavy atom. The lowest BCUT2D eigenvalue weighted by Crippen LogP contribution is -2.06. The number of aliphatic hydroxyl groups excluding tert-OH is 1. The SMILES string of the molecule is OC(c1ccc2ccccc2c1)c1c(F)cc(Br)cc1F. The molecule has 3 rings (SSSR count). The second-order valence-corrected chi connectivity index (χ2v) is 5.71. The van der Waals surface area contributed by atoms with Gasteiger partial charge in [-0.2, -0.15) is 0 Å². The van der Waals surface area contributed by atoms with Crippen LogP contribution < -0.4 is 0 Å². The van der Waals surface area contributed by atoms with Gasteiger partial charge in [0.05, 0.1) is 5.56 Å². The van der Waals surface area contributed by atoms with Crippen LogP contribution in [-0.4, -0.2) is 5.11 Å². The molecule has 0 amide bonds. The first kappa shape index (κ1) is 14.2. The molecule has 0 bridgehead atoms. The van der Waals surface area contributed by atoms with Gasteiger partial charge < -0.3 is 5.11 Å². The Kier molecular flexibility index (Phi) is 3.74. The van der Waals surface area contributed by atoms with Gasteiger partial charge in [-0.15, -0.1) is 0 Å². The third-order valence-corrected chi connectivity index (χ3v) is 3.86. The lowest BCUT2D eigenvalue weighted by molar-refractivity contribution is 0.209. The highest BCUT2D eigenvalue weighted by Gasteiger charge is 2.20. The van der Waals surface area contributed by atoms with Crippen LogP contribution in [0.4, 0.5) is 8.78 Å². The van der Waals surface area contributed by atoms with Gasteiger partial charge >= 0.3 is 0 Å². The fourth-order valence-corrected chi connectivity index (χ4v) is 2.76. The van der Waals surface area contributed by atoms with Crippen molar-refractivity contribution in [2.75, 3.05) is 0 Å². The Hall–Kier alpha value is -1.78. The van der Waals surface area contributed by atoms with E-state index < -0.39 is 17.7 Å².